The number of hydrogen-bond acceptors (Lipinski definition) is 12. The second-order valence-corrected chi connectivity index (χ2v) is 13.1. The Morgan fingerprint density at radius 2 is 1.97 bits per heavy atom. The van der Waals surface area contributed by atoms with Gasteiger partial charge in [-0.3, -0.25) is 19.8 Å². The summed E-state index contributed by atoms with van der Waals surface area (Å²) in [4.78, 5) is 27.6. The van der Waals surface area contributed by atoms with Crippen molar-refractivity contribution in [2.24, 2.45) is 11.1 Å². The van der Waals surface area contributed by atoms with Gasteiger partial charge in [-0.1, -0.05) is 78.6 Å². The number of nitriles is 1. The van der Waals surface area contributed by atoms with Gasteiger partial charge in [0.1, 0.15) is 10.8 Å². The molecule has 2 aliphatic rings. The fourth-order valence-electron chi connectivity index (χ4n) is 4.69. The molecule has 3 heterocycles. The van der Waals surface area contributed by atoms with E-state index >= 15 is 0 Å². The van der Waals surface area contributed by atoms with Gasteiger partial charge in [0.05, 0.1) is 23.3 Å². The summed E-state index contributed by atoms with van der Waals surface area (Å²) in [5.74, 6) is -0.425. The number of hydrogen-bond donors (Lipinski definition) is 2. The molecule has 3 aromatic rings. The number of thioether (sulfide) groups is 1. The van der Waals surface area contributed by atoms with Crippen molar-refractivity contribution in [3.8, 4) is 6.07 Å². The van der Waals surface area contributed by atoms with Crippen LogP contribution in [0.2, 0.25) is 0 Å². The number of Topliss-reactive ketones (excluding diaryl/α,β-unsaturated/α-hetero) is 1. The van der Waals surface area contributed by atoms with E-state index in [2.05, 4.69) is 31.8 Å². The molecular formula is C25H24N8O2S3. The normalized spacial score (nSPS) is 18.8. The predicted octanol–water partition coefficient (Wildman–Crippen LogP) is 4.37. The highest BCUT2D eigenvalue weighted by molar-refractivity contribution is 8.01. The lowest BCUT2D eigenvalue weighted by Crippen LogP contribution is -2.42. The van der Waals surface area contributed by atoms with E-state index in [0.29, 0.717) is 38.6 Å². The number of rotatable bonds is 6. The summed E-state index contributed by atoms with van der Waals surface area (Å²) < 4.78 is 0.559. The summed E-state index contributed by atoms with van der Waals surface area (Å²) in [6.45, 7) is 5.90. The Bertz CT molecular complexity index is 1520. The lowest BCUT2D eigenvalue weighted by atomic mass is 9.69. The zero-order chi connectivity index (χ0) is 27.0. The second-order valence-electron chi connectivity index (χ2n) is 9.70. The molecule has 1 aromatic carbocycles. The minimum atomic E-state index is -0.537. The maximum absolute atomic E-state index is 13.6. The third-order valence-corrected chi connectivity index (χ3v) is 9.00. The van der Waals surface area contributed by atoms with E-state index in [1.54, 1.807) is 4.90 Å². The van der Waals surface area contributed by atoms with E-state index in [1.165, 1.54) is 34.4 Å². The van der Waals surface area contributed by atoms with Gasteiger partial charge < -0.3 is 5.73 Å². The molecule has 5 rings (SSSR count). The number of aromatic nitrogens is 4. The Kier molecular flexibility index (Phi) is 7.04. The number of allylic oxidation sites excluding steroid dienone is 3. The molecule has 0 radical (unpaired) electrons. The van der Waals surface area contributed by atoms with Crippen LogP contribution in [0.25, 0.3) is 0 Å². The number of nitrogens with one attached hydrogen (secondary N) is 1. The average molecular weight is 565 g/mol. The maximum Gasteiger partial charge on any atom is 0.236 e. The number of aryl methyl sites for hydroxylation is 1. The number of benzene rings is 1. The molecule has 1 atom stereocenters. The summed E-state index contributed by atoms with van der Waals surface area (Å²) in [6.07, 6.45) is 0.963. The highest BCUT2D eigenvalue weighted by Gasteiger charge is 2.45. The summed E-state index contributed by atoms with van der Waals surface area (Å²) in [5, 5.41) is 30.9. The monoisotopic (exact) mass is 564 g/mol. The molecule has 0 fully saturated rings. The SMILES string of the molecule is Cc1nnc(NC(=O)CSc2nnc(N3C(N)=C(C#N)C(c4ccccc4)C4=C3CC(C)(C)CC4=O)s2)s1. The predicted molar refractivity (Wildman–Crippen MR) is 147 cm³/mol. The summed E-state index contributed by atoms with van der Waals surface area (Å²) in [5.41, 5.74) is 8.83. The molecule has 1 amide bonds. The van der Waals surface area contributed by atoms with E-state index in [9.17, 15) is 14.9 Å². The van der Waals surface area contributed by atoms with Crippen molar-refractivity contribution in [3.05, 3.63) is 63.6 Å². The standard InChI is InChI=1S/C25H24N8O2S3/c1-13-29-30-22(37-13)28-18(35)12-36-24-32-31-23(38-24)33-16-9-25(2,3)10-17(34)20(16)19(15(11-26)21(33)27)14-7-5-4-6-8-14/h4-8,19H,9-10,12,27H2,1-3H3,(H,28,30,35). The molecule has 1 aliphatic heterocycles. The molecule has 3 N–H and O–H groups in total. The quantitative estimate of drug-likeness (QED) is 0.413. The van der Waals surface area contributed by atoms with Crippen LogP contribution in [0.1, 0.15) is 43.2 Å². The molecule has 38 heavy (non-hydrogen) atoms. The second kappa shape index (κ2) is 10.3. The van der Waals surface area contributed by atoms with E-state index in [-0.39, 0.29) is 28.7 Å². The summed E-state index contributed by atoms with van der Waals surface area (Å²) in [7, 11) is 0. The first kappa shape index (κ1) is 26.0. The van der Waals surface area contributed by atoms with Crippen molar-refractivity contribution >= 4 is 56.4 Å². The van der Waals surface area contributed by atoms with Gasteiger partial charge in [0.25, 0.3) is 0 Å². The van der Waals surface area contributed by atoms with Gasteiger partial charge in [-0.25, -0.2) is 0 Å². The molecule has 13 heteroatoms. The number of nitrogens with two attached hydrogens (primary N) is 1. The third-order valence-electron chi connectivity index (χ3n) is 6.20. The van der Waals surface area contributed by atoms with Crippen LogP contribution in [0.4, 0.5) is 10.3 Å². The van der Waals surface area contributed by atoms with Crippen molar-refractivity contribution in [1.29, 1.82) is 5.26 Å². The Labute approximate surface area is 231 Å². The molecule has 194 valence electrons. The summed E-state index contributed by atoms with van der Waals surface area (Å²) in [6, 6.07) is 11.8. The number of carbonyl (C=O) groups excluding carboxylic acids is 2. The Balaban J connectivity index is 1.47. The number of ketones is 1. The lowest BCUT2D eigenvalue weighted by molar-refractivity contribution is -0.118. The first-order valence-electron chi connectivity index (χ1n) is 11.7. The molecule has 0 spiro atoms. The van der Waals surface area contributed by atoms with Gasteiger partial charge in [-0.05, 0) is 24.3 Å². The largest absolute Gasteiger partial charge is 0.384 e. The first-order chi connectivity index (χ1) is 18.2. The van der Waals surface area contributed by atoms with Crippen LogP contribution < -0.4 is 16.0 Å². The Morgan fingerprint density at radius 3 is 2.66 bits per heavy atom. The lowest BCUT2D eigenvalue weighted by Gasteiger charge is -2.42. The van der Waals surface area contributed by atoms with Crippen LogP contribution >= 0.6 is 34.4 Å². The van der Waals surface area contributed by atoms with Crippen LogP contribution in [0.3, 0.4) is 0 Å². The van der Waals surface area contributed by atoms with E-state index in [0.717, 1.165) is 16.3 Å². The highest BCUT2D eigenvalue weighted by Crippen LogP contribution is 2.50. The maximum atomic E-state index is 13.6. The minimum Gasteiger partial charge on any atom is -0.384 e. The molecule has 2 aromatic heterocycles. The number of amides is 1. The third kappa shape index (κ3) is 5.07. The summed E-state index contributed by atoms with van der Waals surface area (Å²) >= 11 is 3.79. The average Bonchev–Trinajstić information content (AvgIpc) is 3.50. The van der Waals surface area contributed by atoms with Crippen LogP contribution in [0, 0.1) is 23.7 Å². The van der Waals surface area contributed by atoms with Crippen molar-refractivity contribution < 1.29 is 9.59 Å². The molecule has 1 unspecified atom stereocenters. The number of nitrogens with zero attached hydrogens (tertiary/aromatic N) is 6. The van der Waals surface area contributed by atoms with Gasteiger partial charge in [0, 0.05) is 17.7 Å². The topological polar surface area (TPSA) is 151 Å². The van der Waals surface area contributed by atoms with Crippen molar-refractivity contribution in [2.45, 2.75) is 43.9 Å². The highest BCUT2D eigenvalue weighted by atomic mass is 32.2. The van der Waals surface area contributed by atoms with E-state index < -0.39 is 5.92 Å². The van der Waals surface area contributed by atoms with Gasteiger partial charge >= 0.3 is 0 Å². The number of anilines is 2. The van der Waals surface area contributed by atoms with E-state index in [4.69, 9.17) is 5.73 Å². The van der Waals surface area contributed by atoms with Crippen LogP contribution in [-0.4, -0.2) is 37.8 Å². The zero-order valence-corrected chi connectivity index (χ0v) is 23.3. The molecular weight excluding hydrogens is 541 g/mol. The van der Waals surface area contributed by atoms with E-state index in [1.807, 2.05) is 51.1 Å². The van der Waals surface area contributed by atoms with Crippen LogP contribution in [0.5, 0.6) is 0 Å². The van der Waals surface area contributed by atoms with Crippen LogP contribution in [0.15, 0.2) is 57.3 Å². The first-order valence-corrected chi connectivity index (χ1v) is 14.4. The van der Waals surface area contributed by atoms with Gasteiger partial charge in [0.15, 0.2) is 10.1 Å². The van der Waals surface area contributed by atoms with Gasteiger partial charge in [0.2, 0.25) is 16.2 Å². The molecule has 10 nitrogen and oxygen atoms in total. The Hall–Kier alpha value is -3.60. The zero-order valence-electron chi connectivity index (χ0n) is 20.9. The number of carbonyl (C=O) groups is 2. The van der Waals surface area contributed by atoms with Crippen molar-refractivity contribution in [2.75, 3.05) is 16.0 Å². The Morgan fingerprint density at radius 1 is 1.21 bits per heavy atom. The van der Waals surface area contributed by atoms with Gasteiger partial charge in [-0.2, -0.15) is 5.26 Å². The fraction of sp³-hybridized carbons (Fsp3) is 0.320. The minimum absolute atomic E-state index is 0.00180. The van der Waals surface area contributed by atoms with Crippen LogP contribution in [-0.2, 0) is 9.59 Å². The van der Waals surface area contributed by atoms with Crippen molar-refractivity contribution in [1.82, 2.24) is 20.4 Å². The fourth-order valence-corrected chi connectivity index (χ4v) is 6.98. The molecule has 1 aliphatic carbocycles. The molecule has 0 saturated carbocycles. The molecule has 0 saturated heterocycles. The van der Waals surface area contributed by atoms with Crippen molar-refractivity contribution in [3.63, 3.8) is 0 Å². The van der Waals surface area contributed by atoms with Gasteiger partial charge in [-0.15, -0.1) is 20.4 Å². The smallest absolute Gasteiger partial charge is 0.236 e. The molecule has 0 bridgehead atoms.